The van der Waals surface area contributed by atoms with Gasteiger partial charge in [0.2, 0.25) is 5.91 Å². The minimum absolute atomic E-state index is 0.0344. The van der Waals surface area contributed by atoms with Crippen molar-refractivity contribution in [3.63, 3.8) is 0 Å². The summed E-state index contributed by atoms with van der Waals surface area (Å²) < 4.78 is 42.8. The molecule has 0 spiro atoms. The number of morpholine rings is 1. The lowest BCUT2D eigenvalue weighted by Crippen LogP contribution is -2.50. The van der Waals surface area contributed by atoms with Crippen molar-refractivity contribution in [2.24, 2.45) is 11.8 Å². The summed E-state index contributed by atoms with van der Waals surface area (Å²) in [6.45, 7) is 0.399. The minimum Gasteiger partial charge on any atom is -0.479 e. The molecule has 1 unspecified atom stereocenters. The fourth-order valence-corrected chi connectivity index (χ4v) is 2.92. The smallest absolute Gasteiger partial charge is 0.391 e. The van der Waals surface area contributed by atoms with Gasteiger partial charge in [0.15, 0.2) is 6.10 Å². The molecule has 1 aliphatic carbocycles. The van der Waals surface area contributed by atoms with Crippen LogP contribution in [0.4, 0.5) is 13.2 Å². The number of hydrogen-bond donors (Lipinski definition) is 1. The predicted molar refractivity (Wildman–Crippen MR) is 65.5 cm³/mol. The third-order valence-corrected chi connectivity index (χ3v) is 4.19. The van der Waals surface area contributed by atoms with Gasteiger partial charge in [-0.2, -0.15) is 13.2 Å². The van der Waals surface area contributed by atoms with Crippen LogP contribution in [0.25, 0.3) is 0 Å². The Bertz CT molecular complexity index is 405. The van der Waals surface area contributed by atoms with Gasteiger partial charge < -0.3 is 14.7 Å². The summed E-state index contributed by atoms with van der Waals surface area (Å²) in [5.74, 6) is -3.13. The van der Waals surface area contributed by atoms with Crippen molar-refractivity contribution >= 4 is 11.9 Å². The largest absolute Gasteiger partial charge is 0.479 e. The van der Waals surface area contributed by atoms with Crippen LogP contribution in [0, 0.1) is 11.8 Å². The van der Waals surface area contributed by atoms with Crippen LogP contribution in [0.2, 0.25) is 0 Å². The molecule has 0 aromatic heterocycles. The van der Waals surface area contributed by atoms with Crippen molar-refractivity contribution in [2.45, 2.75) is 38.0 Å². The second-order valence-electron chi connectivity index (χ2n) is 5.57. The molecule has 0 aromatic carbocycles. The molecule has 2 aliphatic rings. The predicted octanol–water partition coefficient (Wildman–Crippen LogP) is 1.67. The van der Waals surface area contributed by atoms with E-state index in [0.29, 0.717) is 6.54 Å². The summed E-state index contributed by atoms with van der Waals surface area (Å²) in [4.78, 5) is 24.5. The quantitative estimate of drug-likeness (QED) is 0.842. The molecule has 1 saturated carbocycles. The summed E-state index contributed by atoms with van der Waals surface area (Å²) in [5, 5.41) is 8.88. The SMILES string of the molecule is O=C(O)C1CN(C(=O)C2CCC(C(F)(F)F)CC2)CCO1. The van der Waals surface area contributed by atoms with Crippen LogP contribution in [0.15, 0.2) is 0 Å². The highest BCUT2D eigenvalue weighted by Crippen LogP contribution is 2.40. The number of ether oxygens (including phenoxy) is 1. The van der Waals surface area contributed by atoms with E-state index in [0.717, 1.165) is 0 Å². The number of carbonyl (C=O) groups excluding carboxylic acids is 1. The maximum atomic E-state index is 12.6. The summed E-state index contributed by atoms with van der Waals surface area (Å²) in [6, 6.07) is 0. The molecular formula is C13H18F3NO4. The van der Waals surface area contributed by atoms with E-state index in [2.05, 4.69) is 0 Å². The molecular weight excluding hydrogens is 291 g/mol. The zero-order valence-electron chi connectivity index (χ0n) is 11.4. The molecule has 8 heteroatoms. The number of carbonyl (C=O) groups is 2. The molecule has 120 valence electrons. The Morgan fingerprint density at radius 2 is 1.76 bits per heavy atom. The Balaban J connectivity index is 1.88. The number of nitrogens with zero attached hydrogens (tertiary/aromatic N) is 1. The van der Waals surface area contributed by atoms with E-state index in [1.54, 1.807) is 0 Å². The second-order valence-corrected chi connectivity index (χ2v) is 5.57. The van der Waals surface area contributed by atoms with Crippen LogP contribution in [-0.2, 0) is 14.3 Å². The molecule has 5 nitrogen and oxygen atoms in total. The van der Waals surface area contributed by atoms with E-state index in [9.17, 15) is 22.8 Å². The van der Waals surface area contributed by atoms with Crippen molar-refractivity contribution in [3.05, 3.63) is 0 Å². The van der Waals surface area contributed by atoms with Gasteiger partial charge in [-0.25, -0.2) is 4.79 Å². The number of carboxylic acid groups (broad SMARTS) is 1. The molecule has 21 heavy (non-hydrogen) atoms. The average Bonchev–Trinajstić information content (AvgIpc) is 2.46. The lowest BCUT2D eigenvalue weighted by molar-refractivity contribution is -0.186. The van der Waals surface area contributed by atoms with E-state index >= 15 is 0 Å². The van der Waals surface area contributed by atoms with Crippen LogP contribution >= 0.6 is 0 Å². The second kappa shape index (κ2) is 6.21. The van der Waals surface area contributed by atoms with E-state index < -0.39 is 30.1 Å². The molecule has 0 bridgehead atoms. The number of alkyl halides is 3. The first-order valence-corrected chi connectivity index (χ1v) is 6.99. The molecule has 2 rings (SSSR count). The Kier molecular flexibility index (Phi) is 4.75. The third kappa shape index (κ3) is 3.87. The number of carboxylic acids is 1. The van der Waals surface area contributed by atoms with Gasteiger partial charge in [-0.05, 0) is 25.7 Å². The van der Waals surface area contributed by atoms with Crippen LogP contribution in [-0.4, -0.2) is 53.9 Å². The first-order valence-electron chi connectivity index (χ1n) is 6.99. The fraction of sp³-hybridized carbons (Fsp3) is 0.846. The van der Waals surface area contributed by atoms with Crippen LogP contribution in [0.1, 0.15) is 25.7 Å². The van der Waals surface area contributed by atoms with Crippen molar-refractivity contribution in [3.8, 4) is 0 Å². The normalized spacial score (nSPS) is 31.0. The number of hydrogen-bond acceptors (Lipinski definition) is 3. The summed E-state index contributed by atoms with van der Waals surface area (Å²) in [7, 11) is 0. The zero-order valence-corrected chi connectivity index (χ0v) is 11.4. The monoisotopic (exact) mass is 309 g/mol. The Labute approximate surface area is 120 Å². The van der Waals surface area contributed by atoms with Crippen LogP contribution in [0.3, 0.4) is 0 Å². The maximum absolute atomic E-state index is 12.6. The van der Waals surface area contributed by atoms with Crippen molar-refractivity contribution in [1.82, 2.24) is 4.90 Å². The number of aliphatic carboxylic acids is 1. The van der Waals surface area contributed by atoms with Gasteiger partial charge in [0.25, 0.3) is 0 Å². The molecule has 1 saturated heterocycles. The molecule has 1 N–H and O–H groups in total. The number of halogens is 3. The van der Waals surface area contributed by atoms with Gasteiger partial charge in [-0.3, -0.25) is 4.79 Å². The zero-order chi connectivity index (χ0) is 15.6. The highest BCUT2D eigenvalue weighted by molar-refractivity contribution is 5.80. The minimum atomic E-state index is -4.19. The molecule has 0 radical (unpaired) electrons. The first-order chi connectivity index (χ1) is 9.79. The van der Waals surface area contributed by atoms with E-state index in [1.807, 2.05) is 0 Å². The van der Waals surface area contributed by atoms with Gasteiger partial charge >= 0.3 is 12.1 Å². The average molecular weight is 309 g/mol. The summed E-state index contributed by atoms with van der Waals surface area (Å²) in [6.07, 6.45) is -4.90. The third-order valence-electron chi connectivity index (χ3n) is 4.19. The Morgan fingerprint density at radius 1 is 1.14 bits per heavy atom. The molecule has 2 fully saturated rings. The molecule has 1 atom stereocenters. The van der Waals surface area contributed by atoms with Gasteiger partial charge in [-0.15, -0.1) is 0 Å². The van der Waals surface area contributed by atoms with Crippen LogP contribution < -0.4 is 0 Å². The molecule has 1 heterocycles. The Hall–Kier alpha value is -1.31. The van der Waals surface area contributed by atoms with Crippen molar-refractivity contribution < 1.29 is 32.6 Å². The first kappa shape index (κ1) is 16.1. The van der Waals surface area contributed by atoms with Gasteiger partial charge in [0, 0.05) is 12.5 Å². The standard InChI is InChI=1S/C13H18F3NO4/c14-13(15,16)9-3-1-8(2-4-9)11(18)17-5-6-21-10(7-17)12(19)20/h8-10H,1-7H2,(H,19,20). The molecule has 0 aromatic rings. The van der Waals surface area contributed by atoms with Crippen molar-refractivity contribution in [2.75, 3.05) is 19.7 Å². The van der Waals surface area contributed by atoms with E-state index in [1.165, 1.54) is 4.90 Å². The van der Waals surface area contributed by atoms with E-state index in [-0.39, 0.29) is 44.7 Å². The van der Waals surface area contributed by atoms with Gasteiger partial charge in [0.1, 0.15) is 0 Å². The fourth-order valence-electron chi connectivity index (χ4n) is 2.92. The maximum Gasteiger partial charge on any atom is 0.391 e. The topological polar surface area (TPSA) is 66.8 Å². The highest BCUT2D eigenvalue weighted by atomic mass is 19.4. The number of amides is 1. The lowest BCUT2D eigenvalue weighted by Gasteiger charge is -2.36. The highest BCUT2D eigenvalue weighted by Gasteiger charge is 2.43. The molecule has 1 aliphatic heterocycles. The molecule has 1 amide bonds. The summed E-state index contributed by atoms with van der Waals surface area (Å²) >= 11 is 0. The lowest BCUT2D eigenvalue weighted by atomic mass is 9.81. The van der Waals surface area contributed by atoms with E-state index in [4.69, 9.17) is 9.84 Å². The van der Waals surface area contributed by atoms with Gasteiger partial charge in [0.05, 0.1) is 19.1 Å². The number of rotatable bonds is 2. The summed E-state index contributed by atoms with van der Waals surface area (Å²) in [5.41, 5.74) is 0. The van der Waals surface area contributed by atoms with Crippen molar-refractivity contribution in [1.29, 1.82) is 0 Å². The Morgan fingerprint density at radius 3 is 2.29 bits per heavy atom. The van der Waals surface area contributed by atoms with Crippen LogP contribution in [0.5, 0.6) is 0 Å². The van der Waals surface area contributed by atoms with Gasteiger partial charge in [-0.1, -0.05) is 0 Å².